The first-order valence-electron chi connectivity index (χ1n) is 6.72. The summed E-state index contributed by atoms with van der Waals surface area (Å²) in [4.78, 5) is 6.89. The molecule has 0 amide bonds. The molecule has 4 heterocycles. The lowest BCUT2D eigenvalue weighted by molar-refractivity contribution is 0.226. The Labute approximate surface area is 106 Å². The second-order valence-electron chi connectivity index (χ2n) is 5.34. The van der Waals surface area contributed by atoms with Crippen LogP contribution in [-0.4, -0.2) is 30.7 Å². The number of hydrogen-bond donors (Lipinski definition) is 1. The fourth-order valence-electron chi connectivity index (χ4n) is 3.09. The van der Waals surface area contributed by atoms with E-state index in [1.807, 2.05) is 12.3 Å². The monoisotopic (exact) mass is 243 g/mol. The fraction of sp³-hybridized carbons (Fsp3) is 0.500. The molecule has 0 saturated carbocycles. The molecule has 2 aliphatic rings. The highest BCUT2D eigenvalue weighted by Gasteiger charge is 2.32. The van der Waals surface area contributed by atoms with Gasteiger partial charge in [-0.1, -0.05) is 0 Å². The number of furan rings is 1. The SMILES string of the molecule is c1cc2ncc(N3CCC4CNC4CC3)cc2o1. The zero-order chi connectivity index (χ0) is 11.9. The number of nitrogens with one attached hydrogen (secondary N) is 1. The molecule has 4 nitrogen and oxygen atoms in total. The summed E-state index contributed by atoms with van der Waals surface area (Å²) in [7, 11) is 0. The molecule has 0 bridgehead atoms. The molecular formula is C14H17N3O. The van der Waals surface area contributed by atoms with Crippen LogP contribution in [-0.2, 0) is 0 Å². The van der Waals surface area contributed by atoms with Gasteiger partial charge in [0.15, 0.2) is 5.58 Å². The van der Waals surface area contributed by atoms with Gasteiger partial charge < -0.3 is 14.6 Å². The second kappa shape index (κ2) is 3.99. The van der Waals surface area contributed by atoms with Gasteiger partial charge in [-0.15, -0.1) is 0 Å². The molecule has 0 radical (unpaired) electrons. The van der Waals surface area contributed by atoms with Crippen LogP contribution in [0.25, 0.3) is 11.1 Å². The van der Waals surface area contributed by atoms with E-state index in [0.717, 1.165) is 36.1 Å². The average Bonchev–Trinajstić information content (AvgIpc) is 2.77. The van der Waals surface area contributed by atoms with E-state index in [1.165, 1.54) is 25.1 Å². The van der Waals surface area contributed by atoms with E-state index in [9.17, 15) is 0 Å². The number of rotatable bonds is 1. The van der Waals surface area contributed by atoms with E-state index in [4.69, 9.17) is 4.42 Å². The van der Waals surface area contributed by atoms with E-state index in [0.29, 0.717) is 0 Å². The van der Waals surface area contributed by atoms with Crippen LogP contribution >= 0.6 is 0 Å². The molecule has 2 atom stereocenters. The Bertz CT molecular complexity index is 551. The molecule has 2 aliphatic heterocycles. The lowest BCUT2D eigenvalue weighted by Crippen LogP contribution is -2.52. The summed E-state index contributed by atoms with van der Waals surface area (Å²) in [5.41, 5.74) is 3.02. The van der Waals surface area contributed by atoms with Gasteiger partial charge >= 0.3 is 0 Å². The van der Waals surface area contributed by atoms with Crippen LogP contribution in [0.1, 0.15) is 12.8 Å². The van der Waals surface area contributed by atoms with Gasteiger partial charge in [-0.2, -0.15) is 0 Å². The highest BCUT2D eigenvalue weighted by molar-refractivity contribution is 5.76. The summed E-state index contributed by atoms with van der Waals surface area (Å²) in [5.74, 6) is 0.885. The predicted molar refractivity (Wildman–Crippen MR) is 70.7 cm³/mol. The summed E-state index contributed by atoms with van der Waals surface area (Å²) in [5, 5.41) is 3.52. The maximum Gasteiger partial charge on any atom is 0.154 e. The van der Waals surface area contributed by atoms with Crippen LogP contribution in [0.2, 0.25) is 0 Å². The minimum atomic E-state index is 0.746. The van der Waals surface area contributed by atoms with Crippen LogP contribution < -0.4 is 10.2 Å². The van der Waals surface area contributed by atoms with Crippen LogP contribution in [0.5, 0.6) is 0 Å². The van der Waals surface area contributed by atoms with Crippen molar-refractivity contribution in [3.63, 3.8) is 0 Å². The number of nitrogens with zero attached hydrogens (tertiary/aromatic N) is 2. The lowest BCUT2D eigenvalue weighted by Gasteiger charge is -2.36. The molecule has 2 aromatic heterocycles. The summed E-state index contributed by atoms with van der Waals surface area (Å²) in [6, 6.07) is 4.77. The first kappa shape index (κ1) is 10.4. The third kappa shape index (κ3) is 1.60. The molecule has 4 heteroatoms. The smallest absolute Gasteiger partial charge is 0.154 e. The van der Waals surface area contributed by atoms with Crippen LogP contribution in [0.15, 0.2) is 29.0 Å². The van der Waals surface area contributed by atoms with Gasteiger partial charge in [0.1, 0.15) is 5.52 Å². The summed E-state index contributed by atoms with van der Waals surface area (Å²) >= 11 is 0. The molecule has 2 saturated heterocycles. The molecule has 18 heavy (non-hydrogen) atoms. The van der Waals surface area contributed by atoms with Crippen molar-refractivity contribution >= 4 is 16.8 Å². The maximum absolute atomic E-state index is 5.43. The normalized spacial score (nSPS) is 27.7. The van der Waals surface area contributed by atoms with Crippen LogP contribution in [0.4, 0.5) is 5.69 Å². The van der Waals surface area contributed by atoms with E-state index >= 15 is 0 Å². The minimum Gasteiger partial charge on any atom is -0.463 e. The van der Waals surface area contributed by atoms with Crippen molar-refractivity contribution in [2.24, 2.45) is 5.92 Å². The van der Waals surface area contributed by atoms with E-state index in [1.54, 1.807) is 6.26 Å². The second-order valence-corrected chi connectivity index (χ2v) is 5.34. The molecule has 94 valence electrons. The predicted octanol–water partition coefficient (Wildman–Crippen LogP) is 2.02. The highest BCUT2D eigenvalue weighted by atomic mass is 16.3. The third-order valence-electron chi connectivity index (χ3n) is 4.34. The van der Waals surface area contributed by atoms with Gasteiger partial charge in [-0.3, -0.25) is 4.98 Å². The molecule has 0 aromatic carbocycles. The first-order chi connectivity index (χ1) is 8.90. The largest absolute Gasteiger partial charge is 0.463 e. The van der Waals surface area contributed by atoms with Crippen molar-refractivity contribution in [2.45, 2.75) is 18.9 Å². The zero-order valence-corrected chi connectivity index (χ0v) is 10.3. The molecule has 0 aliphatic carbocycles. The molecule has 2 fully saturated rings. The van der Waals surface area contributed by atoms with Crippen LogP contribution in [0, 0.1) is 5.92 Å². The standard InChI is InChI=1S/C14H17N3O/c1-4-17(5-2-12-10(1)8-15-12)11-7-14-13(16-9-11)3-6-18-14/h3,6-7,9-10,12,15H,1-2,4-5,8H2. The van der Waals surface area contributed by atoms with Gasteiger partial charge in [0, 0.05) is 31.3 Å². The quantitative estimate of drug-likeness (QED) is 0.832. The number of aromatic nitrogens is 1. The van der Waals surface area contributed by atoms with Gasteiger partial charge in [0.2, 0.25) is 0 Å². The van der Waals surface area contributed by atoms with E-state index < -0.39 is 0 Å². The molecule has 1 N–H and O–H groups in total. The minimum absolute atomic E-state index is 0.746. The van der Waals surface area contributed by atoms with Crippen LogP contribution in [0.3, 0.4) is 0 Å². The van der Waals surface area contributed by atoms with Crippen molar-refractivity contribution in [2.75, 3.05) is 24.5 Å². The van der Waals surface area contributed by atoms with Crippen molar-refractivity contribution in [1.82, 2.24) is 10.3 Å². The van der Waals surface area contributed by atoms with Gasteiger partial charge in [-0.25, -0.2) is 0 Å². The van der Waals surface area contributed by atoms with Gasteiger partial charge in [0.25, 0.3) is 0 Å². The molecule has 0 spiro atoms. The van der Waals surface area contributed by atoms with Gasteiger partial charge in [-0.05, 0) is 25.3 Å². The summed E-state index contributed by atoms with van der Waals surface area (Å²) in [6.45, 7) is 3.45. The van der Waals surface area contributed by atoms with Crippen molar-refractivity contribution in [3.05, 3.63) is 24.6 Å². The van der Waals surface area contributed by atoms with Gasteiger partial charge in [0.05, 0.1) is 18.1 Å². The zero-order valence-electron chi connectivity index (χ0n) is 10.3. The number of pyridine rings is 1. The summed E-state index contributed by atoms with van der Waals surface area (Å²) < 4.78 is 5.43. The Balaban J connectivity index is 1.61. The Morgan fingerprint density at radius 1 is 1.33 bits per heavy atom. The molecule has 4 rings (SSSR count). The van der Waals surface area contributed by atoms with Crippen molar-refractivity contribution < 1.29 is 4.42 Å². The summed E-state index contributed by atoms with van der Waals surface area (Å²) in [6.07, 6.45) is 6.20. The lowest BCUT2D eigenvalue weighted by atomic mass is 9.88. The van der Waals surface area contributed by atoms with E-state index in [-0.39, 0.29) is 0 Å². The molecule has 2 unspecified atom stereocenters. The highest BCUT2D eigenvalue weighted by Crippen LogP contribution is 2.28. The molecular weight excluding hydrogens is 226 g/mol. The Kier molecular flexibility index (Phi) is 2.30. The average molecular weight is 243 g/mol. The topological polar surface area (TPSA) is 41.3 Å². The maximum atomic E-state index is 5.43. The third-order valence-corrected chi connectivity index (χ3v) is 4.34. The van der Waals surface area contributed by atoms with Crippen molar-refractivity contribution in [3.8, 4) is 0 Å². The first-order valence-corrected chi connectivity index (χ1v) is 6.72. The van der Waals surface area contributed by atoms with E-state index in [2.05, 4.69) is 21.3 Å². The Hall–Kier alpha value is -1.55. The Morgan fingerprint density at radius 3 is 3.17 bits per heavy atom. The number of hydrogen-bond acceptors (Lipinski definition) is 4. The Morgan fingerprint density at radius 2 is 2.28 bits per heavy atom. The number of anilines is 1. The molecule has 2 aromatic rings. The fourth-order valence-corrected chi connectivity index (χ4v) is 3.09. The number of fused-ring (bicyclic) bond motifs is 2. The van der Waals surface area contributed by atoms with Crippen molar-refractivity contribution in [1.29, 1.82) is 0 Å².